The zero-order valence-corrected chi connectivity index (χ0v) is 25.7. The van der Waals surface area contributed by atoms with Crippen molar-refractivity contribution in [3.8, 4) is 23.0 Å². The number of benzene rings is 2. The van der Waals surface area contributed by atoms with Crippen molar-refractivity contribution in [2.24, 2.45) is 0 Å². The normalized spacial score (nSPS) is 19.1. The predicted octanol–water partition coefficient (Wildman–Crippen LogP) is 2.98. The van der Waals surface area contributed by atoms with Gasteiger partial charge in [-0.2, -0.15) is 0 Å². The first-order valence-electron chi connectivity index (χ1n) is 13.7. The Kier molecular flexibility index (Phi) is 11.0. The fraction of sp³-hybridized carbons (Fsp3) is 0.433. The van der Waals surface area contributed by atoms with Crippen molar-refractivity contribution >= 4 is 40.7 Å². The van der Waals surface area contributed by atoms with Crippen molar-refractivity contribution in [2.75, 3.05) is 27.1 Å². The zero-order valence-electron chi connectivity index (χ0n) is 23.5. The third-order valence-electron chi connectivity index (χ3n) is 7.11. The van der Waals surface area contributed by atoms with Crippen LogP contribution in [0.1, 0.15) is 48.5 Å². The lowest BCUT2D eigenvalue weighted by molar-refractivity contribution is -0.139. The van der Waals surface area contributed by atoms with Gasteiger partial charge in [-0.15, -0.1) is 0 Å². The van der Waals surface area contributed by atoms with Crippen LogP contribution >= 0.6 is 22.6 Å². The molecule has 0 saturated carbocycles. The minimum absolute atomic E-state index is 0.0458. The number of hydrogen-bond acceptors (Lipinski definition) is 9. The second-order valence-corrected chi connectivity index (χ2v) is 11.1. The number of fused-ring (bicyclic) bond motifs is 1. The number of aliphatic hydroxyl groups is 2. The van der Waals surface area contributed by atoms with Crippen molar-refractivity contribution in [2.45, 2.75) is 57.4 Å². The Labute approximate surface area is 257 Å². The lowest BCUT2D eigenvalue weighted by Crippen LogP contribution is -2.54. The summed E-state index contributed by atoms with van der Waals surface area (Å²) in [5.74, 6) is 1.16. The SMILES string of the molecule is CCCCC(=O)N(Cc1ccc2c(c1)OCO2)[C@@H]1CC(C(=O)NCCO)=C[C@H](Oc2c(I)cc(C=O)cc2OC)[C@H]1O. The summed E-state index contributed by atoms with van der Waals surface area (Å²) in [4.78, 5) is 39.7. The van der Waals surface area contributed by atoms with Gasteiger partial charge in [0.2, 0.25) is 18.6 Å². The molecule has 1 aliphatic carbocycles. The van der Waals surface area contributed by atoms with Crippen LogP contribution in [-0.4, -0.2) is 78.5 Å². The van der Waals surface area contributed by atoms with Gasteiger partial charge in [0.1, 0.15) is 18.5 Å². The topological polar surface area (TPSA) is 144 Å². The second-order valence-electron chi connectivity index (χ2n) is 9.98. The van der Waals surface area contributed by atoms with Crippen LogP contribution in [0, 0.1) is 3.57 Å². The van der Waals surface area contributed by atoms with Crippen LogP contribution in [0.3, 0.4) is 0 Å². The average molecular weight is 695 g/mol. The van der Waals surface area contributed by atoms with E-state index in [9.17, 15) is 24.6 Å². The summed E-state index contributed by atoms with van der Waals surface area (Å²) < 4.78 is 23.2. The minimum atomic E-state index is -1.22. The maximum absolute atomic E-state index is 13.6. The molecule has 0 radical (unpaired) electrons. The number of carbonyl (C=O) groups excluding carboxylic acids is 3. The number of aliphatic hydroxyl groups excluding tert-OH is 2. The molecule has 2 aromatic rings. The number of rotatable bonds is 13. The summed E-state index contributed by atoms with van der Waals surface area (Å²) in [6.07, 6.45) is 1.78. The highest BCUT2D eigenvalue weighted by Crippen LogP contribution is 2.38. The Morgan fingerprint density at radius 2 is 2.00 bits per heavy atom. The van der Waals surface area contributed by atoms with Gasteiger partial charge in [-0.3, -0.25) is 14.4 Å². The summed E-state index contributed by atoms with van der Waals surface area (Å²) in [6, 6.07) is 7.75. The Morgan fingerprint density at radius 3 is 2.71 bits per heavy atom. The van der Waals surface area contributed by atoms with Crippen LogP contribution in [0.25, 0.3) is 0 Å². The molecule has 3 atom stereocenters. The van der Waals surface area contributed by atoms with Crippen molar-refractivity contribution < 1.29 is 43.5 Å². The largest absolute Gasteiger partial charge is 0.493 e. The molecule has 2 aromatic carbocycles. The number of ether oxygens (including phenoxy) is 4. The van der Waals surface area contributed by atoms with Crippen molar-refractivity contribution in [3.63, 3.8) is 0 Å². The first kappa shape index (κ1) is 31.6. The molecule has 42 heavy (non-hydrogen) atoms. The van der Waals surface area contributed by atoms with Gasteiger partial charge in [0, 0.05) is 37.1 Å². The number of nitrogens with one attached hydrogen (secondary N) is 1. The highest BCUT2D eigenvalue weighted by atomic mass is 127. The molecule has 4 rings (SSSR count). The van der Waals surface area contributed by atoms with E-state index in [0.29, 0.717) is 44.7 Å². The highest BCUT2D eigenvalue weighted by Gasteiger charge is 2.41. The number of methoxy groups -OCH3 is 1. The predicted molar refractivity (Wildman–Crippen MR) is 161 cm³/mol. The molecule has 1 aliphatic heterocycles. The standard InChI is InChI=1S/C30H35IN2O9/c1-3-4-5-27(36)33(15-18-6-7-23-24(11-18)41-17-40-23)22-13-20(30(38)32-8-9-34)14-25(28(22)37)42-29-21(31)10-19(16-35)12-26(29)39-2/h6-7,10-12,14,16,22,25,28,34,37H,3-5,8-9,13,15,17H2,1-2H3,(H,32,38)/t22-,25+,28+/m1/s1. The number of hydrogen-bond donors (Lipinski definition) is 3. The monoisotopic (exact) mass is 694 g/mol. The van der Waals surface area contributed by atoms with E-state index in [4.69, 9.17) is 18.9 Å². The zero-order chi connectivity index (χ0) is 30.2. The van der Waals surface area contributed by atoms with Crippen LogP contribution in [-0.2, 0) is 16.1 Å². The Balaban J connectivity index is 1.71. The lowest BCUT2D eigenvalue weighted by atomic mass is 9.87. The van der Waals surface area contributed by atoms with Gasteiger partial charge in [0.25, 0.3) is 0 Å². The summed E-state index contributed by atoms with van der Waals surface area (Å²) in [7, 11) is 1.44. The van der Waals surface area contributed by atoms with E-state index in [2.05, 4.69) is 5.32 Å². The van der Waals surface area contributed by atoms with Crippen LogP contribution in [0.15, 0.2) is 42.0 Å². The van der Waals surface area contributed by atoms with Crippen molar-refractivity contribution in [1.82, 2.24) is 10.2 Å². The molecule has 0 fully saturated rings. The van der Waals surface area contributed by atoms with Crippen LogP contribution in [0.4, 0.5) is 0 Å². The van der Waals surface area contributed by atoms with E-state index in [1.807, 2.05) is 35.6 Å². The molecular formula is C30H35IN2O9. The van der Waals surface area contributed by atoms with Gasteiger partial charge in [-0.25, -0.2) is 0 Å². The first-order chi connectivity index (χ1) is 20.3. The number of halogens is 1. The van der Waals surface area contributed by atoms with Gasteiger partial charge in [-0.1, -0.05) is 19.4 Å². The van der Waals surface area contributed by atoms with E-state index >= 15 is 0 Å². The van der Waals surface area contributed by atoms with Crippen LogP contribution in [0.2, 0.25) is 0 Å². The third kappa shape index (κ3) is 7.34. The van der Waals surface area contributed by atoms with E-state index in [1.54, 1.807) is 23.1 Å². The maximum atomic E-state index is 13.6. The molecule has 0 bridgehead atoms. The number of nitrogens with zero attached hydrogens (tertiary/aromatic N) is 1. The molecule has 2 amide bonds. The molecule has 11 nitrogen and oxygen atoms in total. The van der Waals surface area contributed by atoms with Gasteiger partial charge >= 0.3 is 0 Å². The molecule has 3 N–H and O–H groups in total. The highest BCUT2D eigenvalue weighted by molar-refractivity contribution is 14.1. The fourth-order valence-corrected chi connectivity index (χ4v) is 5.69. The molecular weight excluding hydrogens is 659 g/mol. The molecule has 0 spiro atoms. The maximum Gasteiger partial charge on any atom is 0.247 e. The summed E-state index contributed by atoms with van der Waals surface area (Å²) in [5, 5.41) is 23.6. The smallest absolute Gasteiger partial charge is 0.247 e. The molecule has 0 aromatic heterocycles. The minimum Gasteiger partial charge on any atom is -0.493 e. The molecule has 12 heteroatoms. The van der Waals surface area contributed by atoms with Gasteiger partial charge in [-0.05, 0) is 64.9 Å². The van der Waals surface area contributed by atoms with Crippen molar-refractivity contribution in [3.05, 3.63) is 56.7 Å². The third-order valence-corrected chi connectivity index (χ3v) is 7.91. The molecule has 226 valence electrons. The molecule has 1 heterocycles. The van der Waals surface area contributed by atoms with E-state index < -0.39 is 24.2 Å². The van der Waals surface area contributed by atoms with E-state index in [1.165, 1.54) is 19.3 Å². The summed E-state index contributed by atoms with van der Waals surface area (Å²) in [6.45, 7) is 2.07. The Hall–Kier alpha value is -3.36. The summed E-state index contributed by atoms with van der Waals surface area (Å²) in [5.41, 5.74) is 1.47. The quantitative estimate of drug-likeness (QED) is 0.213. The number of carbonyl (C=O) groups is 3. The summed E-state index contributed by atoms with van der Waals surface area (Å²) >= 11 is 2.01. The van der Waals surface area contributed by atoms with Crippen LogP contribution < -0.4 is 24.3 Å². The lowest BCUT2D eigenvalue weighted by Gasteiger charge is -2.41. The van der Waals surface area contributed by atoms with E-state index in [-0.39, 0.29) is 51.0 Å². The molecule has 2 aliphatic rings. The number of amides is 2. The van der Waals surface area contributed by atoms with E-state index in [0.717, 1.165) is 12.0 Å². The van der Waals surface area contributed by atoms with Crippen molar-refractivity contribution in [1.29, 1.82) is 0 Å². The van der Waals surface area contributed by atoms with Crippen LogP contribution in [0.5, 0.6) is 23.0 Å². The first-order valence-corrected chi connectivity index (χ1v) is 14.8. The van der Waals surface area contributed by atoms with Gasteiger partial charge < -0.3 is 39.4 Å². The molecule has 0 unspecified atom stereocenters. The Bertz CT molecular complexity index is 1330. The average Bonchev–Trinajstić information content (AvgIpc) is 3.47. The second kappa shape index (κ2) is 14.7. The number of unbranched alkanes of at least 4 members (excludes halogenated alkanes) is 1. The number of aldehydes is 1. The Morgan fingerprint density at radius 1 is 1.21 bits per heavy atom. The molecule has 0 saturated heterocycles. The van der Waals surface area contributed by atoms with Gasteiger partial charge in [0.15, 0.2) is 23.0 Å². The fourth-order valence-electron chi connectivity index (χ4n) is 4.94. The van der Waals surface area contributed by atoms with Gasteiger partial charge in [0.05, 0.1) is 23.3 Å².